The van der Waals surface area contributed by atoms with Gasteiger partial charge in [-0.3, -0.25) is 14.5 Å². The van der Waals surface area contributed by atoms with E-state index in [0.717, 1.165) is 17.5 Å². The molecule has 1 fully saturated rings. The van der Waals surface area contributed by atoms with Crippen molar-refractivity contribution in [1.29, 1.82) is 0 Å². The normalized spacial score (nSPS) is 17.3. The molecule has 0 radical (unpaired) electrons. The van der Waals surface area contributed by atoms with Gasteiger partial charge < -0.3 is 14.3 Å². The van der Waals surface area contributed by atoms with Crippen molar-refractivity contribution in [3.05, 3.63) is 82.3 Å². The molecule has 2 aromatic heterocycles. The van der Waals surface area contributed by atoms with Crippen molar-refractivity contribution >= 4 is 55.7 Å². The molecule has 1 atom stereocenters. The van der Waals surface area contributed by atoms with Crippen LogP contribution in [0.3, 0.4) is 0 Å². The van der Waals surface area contributed by atoms with Gasteiger partial charge in [0.2, 0.25) is 0 Å². The molecule has 1 amide bonds. The fraction of sp³-hybridized carbons (Fsp3) is 0.222. The summed E-state index contributed by atoms with van der Waals surface area (Å²) in [5.41, 5.74) is 0.941. The number of benzene rings is 2. The second-order valence-electron chi connectivity index (χ2n) is 8.46. The number of carbonyl (C=O) groups is 2. The van der Waals surface area contributed by atoms with Crippen LogP contribution in [0.5, 0.6) is 5.75 Å². The van der Waals surface area contributed by atoms with Gasteiger partial charge in [-0.2, -0.15) is 0 Å². The molecule has 9 heteroatoms. The van der Waals surface area contributed by atoms with Crippen molar-refractivity contribution in [2.24, 2.45) is 0 Å². The summed E-state index contributed by atoms with van der Waals surface area (Å²) in [6.45, 7) is 4.38. The van der Waals surface area contributed by atoms with Crippen LogP contribution >= 0.6 is 22.9 Å². The number of amides is 1. The number of aliphatic hydroxyl groups is 1. The monoisotopic (exact) mass is 522 g/mol. The number of aryl methyl sites for hydroxylation is 1. The summed E-state index contributed by atoms with van der Waals surface area (Å²) in [5.74, 6) is -0.397. The molecule has 1 unspecified atom stereocenters. The molecule has 0 bridgehead atoms. The third-order valence-corrected chi connectivity index (χ3v) is 7.15. The zero-order valence-electron chi connectivity index (χ0n) is 19.7. The summed E-state index contributed by atoms with van der Waals surface area (Å²) >= 11 is 7.36. The minimum absolute atomic E-state index is 0.0719. The number of ketones is 1. The lowest BCUT2D eigenvalue weighted by Gasteiger charge is -2.20. The highest BCUT2D eigenvalue weighted by Gasteiger charge is 2.49. The van der Waals surface area contributed by atoms with E-state index in [1.807, 2.05) is 0 Å². The molecule has 4 aromatic rings. The van der Waals surface area contributed by atoms with Crippen molar-refractivity contribution in [3.8, 4) is 5.75 Å². The van der Waals surface area contributed by atoms with Crippen LogP contribution in [-0.2, 0) is 9.59 Å². The number of Topliss-reactive ketones (excluding diaryl/α,β-unsaturated/α-hetero) is 1. The summed E-state index contributed by atoms with van der Waals surface area (Å²) in [7, 11) is 0. The van der Waals surface area contributed by atoms with Crippen LogP contribution in [-0.4, -0.2) is 28.4 Å². The largest absolute Gasteiger partial charge is 0.507 e. The van der Waals surface area contributed by atoms with Crippen LogP contribution in [0, 0.1) is 6.92 Å². The number of hydrogen-bond acceptors (Lipinski definition) is 7. The first-order valence-electron chi connectivity index (χ1n) is 11.5. The Labute approximate surface area is 216 Å². The van der Waals surface area contributed by atoms with Gasteiger partial charge in [-0.15, -0.1) is 0 Å². The Morgan fingerprint density at radius 2 is 2.03 bits per heavy atom. The Kier molecular flexibility index (Phi) is 6.55. The maximum atomic E-state index is 13.3. The molecule has 0 saturated carbocycles. The predicted octanol–water partition coefficient (Wildman–Crippen LogP) is 6.66. The second-order valence-corrected chi connectivity index (χ2v) is 9.90. The topological polar surface area (TPSA) is 92.9 Å². The fourth-order valence-corrected chi connectivity index (χ4v) is 5.38. The molecular weight excluding hydrogens is 500 g/mol. The summed E-state index contributed by atoms with van der Waals surface area (Å²) < 4.78 is 12.4. The molecule has 1 N–H and O–H groups in total. The van der Waals surface area contributed by atoms with Gasteiger partial charge in [0, 0.05) is 10.6 Å². The number of aromatic nitrogens is 1. The van der Waals surface area contributed by atoms with E-state index in [4.69, 9.17) is 20.8 Å². The third kappa shape index (κ3) is 4.38. The van der Waals surface area contributed by atoms with Gasteiger partial charge in [0.05, 0.1) is 22.4 Å². The molecule has 1 saturated heterocycles. The molecule has 1 aliphatic heterocycles. The smallest absolute Gasteiger partial charge is 0.302 e. The number of aliphatic hydroxyl groups excluding tert-OH is 1. The first kappa shape index (κ1) is 24.1. The Bertz CT molecular complexity index is 1500. The van der Waals surface area contributed by atoms with E-state index in [-0.39, 0.29) is 11.3 Å². The Morgan fingerprint density at radius 3 is 2.78 bits per heavy atom. The lowest BCUT2D eigenvalue weighted by atomic mass is 9.99. The van der Waals surface area contributed by atoms with Gasteiger partial charge in [0.1, 0.15) is 29.1 Å². The van der Waals surface area contributed by atoms with Crippen LogP contribution in [0.25, 0.3) is 16.0 Å². The maximum Gasteiger partial charge on any atom is 0.302 e. The van der Waals surface area contributed by atoms with Crippen molar-refractivity contribution in [2.75, 3.05) is 11.5 Å². The van der Waals surface area contributed by atoms with Crippen molar-refractivity contribution in [1.82, 2.24) is 4.98 Å². The van der Waals surface area contributed by atoms with Crippen LogP contribution < -0.4 is 9.64 Å². The fourth-order valence-electron chi connectivity index (χ4n) is 4.11. The average molecular weight is 523 g/mol. The Balaban J connectivity index is 1.63. The quantitative estimate of drug-likeness (QED) is 0.126. The number of halogens is 1. The summed E-state index contributed by atoms with van der Waals surface area (Å²) in [5, 5.41) is 12.2. The number of carbonyl (C=O) groups excluding carboxylic acids is 2. The summed E-state index contributed by atoms with van der Waals surface area (Å²) in [4.78, 5) is 32.5. The molecular formula is C27H23ClN2O5S. The van der Waals surface area contributed by atoms with E-state index in [2.05, 4.69) is 11.9 Å². The van der Waals surface area contributed by atoms with Crippen molar-refractivity contribution < 1.29 is 23.8 Å². The van der Waals surface area contributed by atoms with E-state index in [9.17, 15) is 14.7 Å². The number of nitrogens with zero attached hydrogens (tertiary/aromatic N) is 2. The minimum Gasteiger partial charge on any atom is -0.507 e. The molecule has 184 valence electrons. The van der Waals surface area contributed by atoms with Gasteiger partial charge in [0.15, 0.2) is 5.13 Å². The van der Waals surface area contributed by atoms with Gasteiger partial charge in [-0.1, -0.05) is 48.4 Å². The van der Waals surface area contributed by atoms with Gasteiger partial charge in [-0.25, -0.2) is 4.98 Å². The van der Waals surface area contributed by atoms with Crippen LogP contribution in [0.4, 0.5) is 5.13 Å². The van der Waals surface area contributed by atoms with E-state index in [1.54, 1.807) is 61.5 Å². The van der Waals surface area contributed by atoms with Crippen LogP contribution in [0.15, 0.2) is 64.6 Å². The number of hydrogen-bond donors (Lipinski definition) is 1. The first-order chi connectivity index (χ1) is 17.4. The number of thiazole rings is 1. The number of furan rings is 1. The van der Waals surface area contributed by atoms with Crippen LogP contribution in [0.2, 0.25) is 5.02 Å². The highest BCUT2D eigenvalue weighted by atomic mass is 35.5. The third-order valence-electron chi connectivity index (χ3n) is 5.89. The molecule has 36 heavy (non-hydrogen) atoms. The average Bonchev–Trinajstić information content (AvgIpc) is 3.54. The standard InChI is InChI=1S/C27H23ClN2O5S/c1-3-4-12-34-18-7-5-6-16(13-18)24(31)22-23(20-11-8-15(2)35-20)30(26(33)25(22)32)27-29-19-10-9-17(28)14-21(19)36-27/h5-11,13-14,23,31H,3-4,12H2,1-2H3. The first-order valence-corrected chi connectivity index (χ1v) is 12.7. The Hall–Kier alpha value is -3.62. The zero-order chi connectivity index (χ0) is 25.4. The lowest BCUT2D eigenvalue weighted by Crippen LogP contribution is -2.29. The van der Waals surface area contributed by atoms with E-state index < -0.39 is 17.7 Å². The number of ether oxygens (including phenoxy) is 1. The van der Waals surface area contributed by atoms with Crippen molar-refractivity contribution in [3.63, 3.8) is 0 Å². The number of anilines is 1. The van der Waals surface area contributed by atoms with Gasteiger partial charge in [0.25, 0.3) is 5.78 Å². The highest BCUT2D eigenvalue weighted by molar-refractivity contribution is 7.22. The van der Waals surface area contributed by atoms with Crippen LogP contribution in [0.1, 0.15) is 42.9 Å². The Morgan fingerprint density at radius 1 is 1.19 bits per heavy atom. The molecule has 1 aliphatic rings. The molecule has 2 aromatic carbocycles. The molecule has 0 aliphatic carbocycles. The van der Waals surface area contributed by atoms with E-state index in [0.29, 0.717) is 45.1 Å². The SMILES string of the molecule is CCCCOc1cccc(C(O)=C2C(=O)C(=O)N(c3nc4ccc(Cl)cc4s3)C2c2ccc(C)o2)c1. The van der Waals surface area contributed by atoms with Gasteiger partial charge in [-0.05, 0) is 55.8 Å². The van der Waals surface area contributed by atoms with E-state index in [1.165, 1.54) is 16.2 Å². The summed E-state index contributed by atoms with van der Waals surface area (Å²) in [6, 6.07) is 14.5. The van der Waals surface area contributed by atoms with Crippen molar-refractivity contribution in [2.45, 2.75) is 32.7 Å². The molecule has 0 spiro atoms. The lowest BCUT2D eigenvalue weighted by molar-refractivity contribution is -0.132. The van der Waals surface area contributed by atoms with Gasteiger partial charge >= 0.3 is 5.91 Å². The molecule has 3 heterocycles. The second kappa shape index (κ2) is 9.79. The number of fused-ring (bicyclic) bond motifs is 1. The summed E-state index contributed by atoms with van der Waals surface area (Å²) in [6.07, 6.45) is 1.89. The zero-order valence-corrected chi connectivity index (χ0v) is 21.2. The number of rotatable bonds is 7. The minimum atomic E-state index is -0.987. The predicted molar refractivity (Wildman–Crippen MR) is 140 cm³/mol. The maximum absolute atomic E-state index is 13.3. The number of unbranched alkanes of at least 4 members (excludes halogenated alkanes) is 1. The highest BCUT2D eigenvalue weighted by Crippen LogP contribution is 2.45. The molecule has 5 rings (SSSR count). The van der Waals surface area contributed by atoms with E-state index >= 15 is 0 Å². The molecule has 7 nitrogen and oxygen atoms in total.